The first kappa shape index (κ1) is 32.8. The summed E-state index contributed by atoms with van der Waals surface area (Å²) in [6.07, 6.45) is 0. The Morgan fingerprint density at radius 3 is 1.82 bits per heavy atom. The van der Waals surface area contributed by atoms with Crippen LogP contribution in [0.25, 0.3) is 73.4 Å². The molecule has 0 unspecified atom stereocenters. The average molecular weight is 799 g/mol. The number of anilines is 6. The highest BCUT2D eigenvalue weighted by Gasteiger charge is 2.45. The largest absolute Gasteiger partial charge is 0.457 e. The third kappa shape index (κ3) is 4.34. The van der Waals surface area contributed by atoms with Crippen LogP contribution in [0.2, 0.25) is 0 Å². The van der Waals surface area contributed by atoms with Gasteiger partial charge in [0.25, 0.3) is 6.71 Å². The molecule has 0 spiro atoms. The number of benzene rings is 9. The summed E-state index contributed by atoms with van der Waals surface area (Å²) in [6, 6.07) is 69.3. The summed E-state index contributed by atoms with van der Waals surface area (Å²) in [5, 5.41) is 7.40. The molecule has 3 nitrogen and oxygen atoms in total. The highest BCUT2D eigenvalue weighted by atomic mass is 32.1. The lowest BCUT2D eigenvalue weighted by atomic mass is 9.33. The first-order valence-electron chi connectivity index (χ1n) is 20.5. The molecule has 0 radical (unpaired) electrons. The number of thiophene rings is 2. The molecule has 14 rings (SSSR count). The fourth-order valence-electron chi connectivity index (χ4n) is 10.5. The summed E-state index contributed by atoms with van der Waals surface area (Å²) in [5.41, 5.74) is 15.1. The number of rotatable bonds is 3. The third-order valence-corrected chi connectivity index (χ3v) is 15.1. The topological polar surface area (TPSA) is 19.6 Å². The predicted octanol–water partition coefficient (Wildman–Crippen LogP) is 14.1. The Morgan fingerprint density at radius 2 is 0.983 bits per heavy atom. The normalized spacial score (nSPS) is 13.2. The van der Waals surface area contributed by atoms with Gasteiger partial charge in [-0.3, -0.25) is 0 Å². The Hall–Kier alpha value is -7.12. The van der Waals surface area contributed by atoms with Gasteiger partial charge in [-0.05, 0) is 88.7 Å². The van der Waals surface area contributed by atoms with Gasteiger partial charge >= 0.3 is 0 Å². The van der Waals surface area contributed by atoms with Gasteiger partial charge in [0.15, 0.2) is 0 Å². The van der Waals surface area contributed by atoms with Gasteiger partial charge in [0.05, 0.1) is 11.4 Å². The van der Waals surface area contributed by atoms with Crippen LogP contribution in [-0.2, 0) is 0 Å². The molecule has 12 aromatic rings. The Bertz CT molecular complexity index is 3770. The smallest absolute Gasteiger partial charge is 0.257 e. The van der Waals surface area contributed by atoms with Crippen molar-refractivity contribution >= 4 is 142 Å². The lowest BCUT2D eigenvalue weighted by Gasteiger charge is -2.44. The lowest BCUT2D eigenvalue weighted by molar-refractivity contribution is 0.671. The van der Waals surface area contributed by atoms with Crippen LogP contribution in [0.4, 0.5) is 34.1 Å². The van der Waals surface area contributed by atoms with Crippen molar-refractivity contribution in [3.05, 3.63) is 188 Å². The first-order chi connectivity index (χ1) is 29.8. The van der Waals surface area contributed by atoms with Gasteiger partial charge in [0.2, 0.25) is 0 Å². The fraction of sp³-hybridized carbons (Fsp3) is 0. The van der Waals surface area contributed by atoms with Crippen LogP contribution < -0.4 is 26.2 Å². The second-order valence-electron chi connectivity index (χ2n) is 15.9. The van der Waals surface area contributed by atoms with Crippen molar-refractivity contribution in [1.29, 1.82) is 0 Å². The zero-order chi connectivity index (χ0) is 39.1. The minimum atomic E-state index is -0.0869. The molecular weight excluding hydrogens is 768 g/mol. The van der Waals surface area contributed by atoms with Crippen molar-refractivity contribution in [2.24, 2.45) is 0 Å². The molecule has 6 heteroatoms. The molecule has 5 heterocycles. The summed E-state index contributed by atoms with van der Waals surface area (Å²) < 4.78 is 12.2. The third-order valence-electron chi connectivity index (χ3n) is 12.9. The molecule has 0 amide bonds. The molecule has 9 aromatic carbocycles. The van der Waals surface area contributed by atoms with Crippen LogP contribution in [0.5, 0.6) is 0 Å². The molecule has 0 aliphatic carbocycles. The summed E-state index contributed by atoms with van der Waals surface area (Å²) >= 11 is 3.74. The van der Waals surface area contributed by atoms with Gasteiger partial charge in [-0.25, -0.2) is 0 Å². The van der Waals surface area contributed by atoms with E-state index in [2.05, 4.69) is 198 Å². The molecule has 2 aliphatic heterocycles. The van der Waals surface area contributed by atoms with Crippen molar-refractivity contribution in [1.82, 2.24) is 0 Å². The lowest BCUT2D eigenvalue weighted by Crippen LogP contribution is -2.61. The van der Waals surface area contributed by atoms with Crippen molar-refractivity contribution in [2.75, 3.05) is 9.80 Å². The number of fused-ring (bicyclic) bond motifs is 14. The molecule has 0 saturated heterocycles. The predicted molar refractivity (Wildman–Crippen MR) is 259 cm³/mol. The molecule has 60 heavy (non-hydrogen) atoms. The highest BCUT2D eigenvalue weighted by Crippen LogP contribution is 2.53. The molecule has 0 atom stereocenters. The Balaban J connectivity index is 1.16. The first-order valence-corrected chi connectivity index (χ1v) is 22.1. The van der Waals surface area contributed by atoms with Gasteiger partial charge < -0.3 is 14.2 Å². The molecule has 0 saturated carbocycles. The van der Waals surface area contributed by atoms with Crippen molar-refractivity contribution in [2.45, 2.75) is 0 Å². The minimum Gasteiger partial charge on any atom is -0.457 e. The zero-order valence-electron chi connectivity index (χ0n) is 32.1. The van der Waals surface area contributed by atoms with Gasteiger partial charge in [0, 0.05) is 79.4 Å². The average Bonchev–Trinajstić information content (AvgIpc) is 4.01. The number of para-hydroxylation sites is 2. The SMILES string of the molecule is c1ccc(-c2ccc3sc4ccccc4c3c2N2c3cccc4c3B(c3ccccc3N4c3cccc4sc5ccccc5c34)c3c2ccc2c3oc3ccccc32)cc1. The van der Waals surface area contributed by atoms with Crippen LogP contribution in [-0.4, -0.2) is 6.71 Å². The molecular formula is C54H31BN2OS2. The van der Waals surface area contributed by atoms with Crippen LogP contribution in [0, 0.1) is 0 Å². The quantitative estimate of drug-likeness (QED) is 0.166. The van der Waals surface area contributed by atoms with E-state index in [0.717, 1.165) is 27.6 Å². The summed E-state index contributed by atoms with van der Waals surface area (Å²) in [7, 11) is 0. The van der Waals surface area contributed by atoms with Crippen molar-refractivity contribution in [3.8, 4) is 11.1 Å². The van der Waals surface area contributed by atoms with E-state index >= 15 is 0 Å². The van der Waals surface area contributed by atoms with Gasteiger partial charge in [-0.1, -0.05) is 121 Å². The summed E-state index contributed by atoms with van der Waals surface area (Å²) in [4.78, 5) is 5.14. The highest BCUT2D eigenvalue weighted by molar-refractivity contribution is 7.26. The van der Waals surface area contributed by atoms with E-state index in [0.29, 0.717) is 0 Å². The van der Waals surface area contributed by atoms with Gasteiger partial charge in [0.1, 0.15) is 11.2 Å². The Morgan fingerprint density at radius 1 is 0.383 bits per heavy atom. The standard InChI is InChI=1S/C54H31BN2OS2/c1-2-14-32(15-3-1)33-29-31-48-50(37-18-6-11-26-46(37)60-48)53(33)57-42-23-12-22-41-51(42)55(52-43(57)30-28-35-34-16-4-9-24-44(34)58-54(35)52)38-19-7-8-20-39(38)56(41)40-21-13-27-47-49(40)36-17-5-10-25-45(36)59-47/h1-31H. The van der Waals surface area contributed by atoms with E-state index in [1.807, 2.05) is 22.7 Å². The minimum absolute atomic E-state index is 0.0869. The Kier molecular flexibility index (Phi) is 6.68. The number of hydrogen-bond donors (Lipinski definition) is 0. The monoisotopic (exact) mass is 798 g/mol. The molecule has 0 N–H and O–H groups in total. The van der Waals surface area contributed by atoms with E-state index in [-0.39, 0.29) is 6.71 Å². The summed E-state index contributed by atoms with van der Waals surface area (Å²) in [6.45, 7) is -0.0869. The van der Waals surface area contributed by atoms with E-state index in [9.17, 15) is 0 Å². The molecule has 2 aliphatic rings. The molecule has 3 aromatic heterocycles. The second kappa shape index (κ2) is 12.2. The maximum Gasteiger partial charge on any atom is 0.257 e. The van der Waals surface area contributed by atoms with Crippen molar-refractivity contribution in [3.63, 3.8) is 0 Å². The fourth-order valence-corrected chi connectivity index (χ4v) is 12.7. The van der Waals surface area contributed by atoms with Gasteiger partial charge in [-0.2, -0.15) is 0 Å². The second-order valence-corrected chi connectivity index (χ2v) is 18.1. The number of hydrogen-bond acceptors (Lipinski definition) is 5. The Labute approximate surface area is 353 Å². The molecule has 0 fully saturated rings. The van der Waals surface area contributed by atoms with Crippen LogP contribution in [0.1, 0.15) is 0 Å². The van der Waals surface area contributed by atoms with Crippen LogP contribution >= 0.6 is 22.7 Å². The summed E-state index contributed by atoms with van der Waals surface area (Å²) in [5.74, 6) is 0. The number of furan rings is 1. The maximum atomic E-state index is 7.09. The molecule has 0 bridgehead atoms. The number of nitrogens with zero attached hydrogens (tertiary/aromatic N) is 2. The van der Waals surface area contributed by atoms with Gasteiger partial charge in [-0.15, -0.1) is 22.7 Å². The maximum absolute atomic E-state index is 7.09. The van der Waals surface area contributed by atoms with Crippen LogP contribution in [0.3, 0.4) is 0 Å². The van der Waals surface area contributed by atoms with E-state index in [1.165, 1.54) is 96.3 Å². The van der Waals surface area contributed by atoms with E-state index in [1.54, 1.807) is 0 Å². The van der Waals surface area contributed by atoms with E-state index < -0.39 is 0 Å². The molecule has 278 valence electrons. The van der Waals surface area contributed by atoms with E-state index in [4.69, 9.17) is 4.42 Å². The van der Waals surface area contributed by atoms with Crippen LogP contribution in [0.15, 0.2) is 192 Å². The zero-order valence-corrected chi connectivity index (χ0v) is 33.7. The van der Waals surface area contributed by atoms with Crippen molar-refractivity contribution < 1.29 is 4.42 Å².